The number of carbonyl (C=O) groups excluding carboxylic acids is 1. The molecule has 3 aromatic carbocycles. The molecule has 4 rings (SSSR count). The van der Waals surface area contributed by atoms with Crippen LogP contribution >= 0.6 is 11.3 Å². The molecule has 0 spiro atoms. The number of thiazole rings is 1. The van der Waals surface area contributed by atoms with Crippen molar-refractivity contribution in [2.75, 3.05) is 11.5 Å². The van der Waals surface area contributed by atoms with Crippen LogP contribution in [0.5, 0.6) is 5.75 Å². The number of fused-ring (bicyclic) bond motifs is 1. The summed E-state index contributed by atoms with van der Waals surface area (Å²) >= 11 is 1.56. The Kier molecular flexibility index (Phi) is 7.17. The lowest BCUT2D eigenvalue weighted by molar-refractivity contribution is 0.0984. The van der Waals surface area contributed by atoms with Gasteiger partial charge >= 0.3 is 0 Å². The van der Waals surface area contributed by atoms with Crippen LogP contribution in [0.2, 0.25) is 0 Å². The first-order chi connectivity index (χ1) is 15.7. The van der Waals surface area contributed by atoms with E-state index in [1.54, 1.807) is 16.2 Å². The van der Waals surface area contributed by atoms with Crippen molar-refractivity contribution in [1.29, 1.82) is 0 Å². The van der Waals surface area contributed by atoms with Gasteiger partial charge in [0.05, 0.1) is 23.4 Å². The minimum atomic E-state index is -0.0769. The van der Waals surface area contributed by atoms with Gasteiger partial charge in [-0.05, 0) is 48.2 Å². The summed E-state index contributed by atoms with van der Waals surface area (Å²) in [5.74, 6) is 0.647. The number of nitrogens with zero attached hydrogens (tertiary/aromatic N) is 2. The molecule has 0 unspecified atom stereocenters. The zero-order chi connectivity index (χ0) is 22.3. The topological polar surface area (TPSA) is 42.4 Å². The van der Waals surface area contributed by atoms with Gasteiger partial charge in [0.2, 0.25) is 0 Å². The molecule has 1 heterocycles. The van der Waals surface area contributed by atoms with E-state index in [0.29, 0.717) is 23.8 Å². The normalized spacial score (nSPS) is 10.9. The monoisotopic (exact) mass is 444 g/mol. The van der Waals surface area contributed by atoms with Crippen molar-refractivity contribution in [2.24, 2.45) is 0 Å². The van der Waals surface area contributed by atoms with Crippen LogP contribution in [-0.4, -0.2) is 17.5 Å². The molecule has 0 aliphatic rings. The molecule has 0 fully saturated rings. The van der Waals surface area contributed by atoms with Crippen molar-refractivity contribution < 1.29 is 9.53 Å². The number of carbonyl (C=O) groups is 1. The number of anilines is 1. The van der Waals surface area contributed by atoms with Gasteiger partial charge in [-0.15, -0.1) is 0 Å². The van der Waals surface area contributed by atoms with Gasteiger partial charge in [0, 0.05) is 5.56 Å². The summed E-state index contributed by atoms with van der Waals surface area (Å²) in [4.78, 5) is 20.4. The lowest BCUT2D eigenvalue weighted by Gasteiger charge is -2.20. The maximum Gasteiger partial charge on any atom is 0.260 e. The van der Waals surface area contributed by atoms with Crippen molar-refractivity contribution >= 4 is 32.6 Å². The summed E-state index contributed by atoms with van der Waals surface area (Å²) in [6.07, 6.45) is 2.97. The van der Waals surface area contributed by atoms with E-state index >= 15 is 0 Å². The average molecular weight is 445 g/mol. The number of amides is 1. The summed E-state index contributed by atoms with van der Waals surface area (Å²) in [7, 11) is 0. The van der Waals surface area contributed by atoms with Crippen LogP contribution in [0.25, 0.3) is 10.2 Å². The highest BCUT2D eigenvalue weighted by atomic mass is 32.1. The van der Waals surface area contributed by atoms with Crippen LogP contribution in [0.1, 0.15) is 48.2 Å². The second kappa shape index (κ2) is 10.4. The largest absolute Gasteiger partial charge is 0.494 e. The van der Waals surface area contributed by atoms with Gasteiger partial charge in [-0.2, -0.15) is 0 Å². The number of benzene rings is 3. The summed E-state index contributed by atoms with van der Waals surface area (Å²) in [6.45, 7) is 5.37. The van der Waals surface area contributed by atoms with Gasteiger partial charge in [-0.25, -0.2) is 4.98 Å². The number of unbranched alkanes of at least 4 members (excludes halogenated alkanes) is 1. The predicted molar refractivity (Wildman–Crippen MR) is 133 cm³/mol. The maximum absolute atomic E-state index is 13.7. The molecular weight excluding hydrogens is 416 g/mol. The lowest BCUT2D eigenvalue weighted by atomic mass is 10.1. The first-order valence-corrected chi connectivity index (χ1v) is 12.0. The molecule has 164 valence electrons. The number of hydrogen-bond donors (Lipinski definition) is 0. The van der Waals surface area contributed by atoms with Crippen LogP contribution in [0.15, 0.2) is 72.8 Å². The molecule has 0 aliphatic heterocycles. The number of ether oxygens (including phenoxy) is 1. The fourth-order valence-electron chi connectivity index (χ4n) is 3.60. The van der Waals surface area contributed by atoms with Crippen molar-refractivity contribution in [2.45, 2.75) is 39.7 Å². The molecule has 5 heteroatoms. The molecule has 0 radical (unpaired) electrons. The highest BCUT2D eigenvalue weighted by molar-refractivity contribution is 7.22. The molecule has 0 N–H and O–H groups in total. The van der Waals surface area contributed by atoms with E-state index in [1.807, 2.05) is 54.6 Å². The molecule has 0 atom stereocenters. The van der Waals surface area contributed by atoms with Gasteiger partial charge in [0.25, 0.3) is 5.91 Å². The Morgan fingerprint density at radius 3 is 2.59 bits per heavy atom. The smallest absolute Gasteiger partial charge is 0.260 e. The van der Waals surface area contributed by atoms with Gasteiger partial charge in [-0.3, -0.25) is 9.69 Å². The van der Waals surface area contributed by atoms with Gasteiger partial charge < -0.3 is 4.74 Å². The van der Waals surface area contributed by atoms with Crippen LogP contribution in [0, 0.1) is 0 Å². The first-order valence-electron chi connectivity index (χ1n) is 11.2. The summed E-state index contributed by atoms with van der Waals surface area (Å²) < 4.78 is 6.93. The SMILES string of the molecule is CCCCOc1cccc(C(=O)N(Cc2ccccc2)c2nc3c(CC)cccc3s2)c1. The summed E-state index contributed by atoms with van der Waals surface area (Å²) in [6, 6.07) is 23.7. The van der Waals surface area contributed by atoms with Crippen LogP contribution in [0.4, 0.5) is 5.13 Å². The Labute approximate surface area is 193 Å². The third-order valence-electron chi connectivity index (χ3n) is 5.38. The third-order valence-corrected chi connectivity index (χ3v) is 6.42. The molecule has 4 nitrogen and oxygen atoms in total. The van der Waals surface area contributed by atoms with Gasteiger partial charge in [0.15, 0.2) is 5.13 Å². The van der Waals surface area contributed by atoms with Crippen LogP contribution < -0.4 is 9.64 Å². The Morgan fingerprint density at radius 1 is 1.00 bits per heavy atom. The molecule has 1 aromatic heterocycles. The van der Waals surface area contributed by atoms with E-state index in [9.17, 15) is 4.79 Å². The minimum Gasteiger partial charge on any atom is -0.494 e. The molecule has 4 aromatic rings. The van der Waals surface area contributed by atoms with E-state index in [4.69, 9.17) is 9.72 Å². The molecule has 0 bridgehead atoms. The van der Waals surface area contributed by atoms with Crippen LogP contribution in [0.3, 0.4) is 0 Å². The minimum absolute atomic E-state index is 0.0769. The van der Waals surface area contributed by atoms with Crippen molar-refractivity contribution in [3.63, 3.8) is 0 Å². The quantitative estimate of drug-likeness (QED) is 0.264. The predicted octanol–water partition coefficient (Wildman–Crippen LogP) is 6.88. The Morgan fingerprint density at radius 2 is 1.81 bits per heavy atom. The molecule has 0 saturated heterocycles. The van der Waals surface area contributed by atoms with Gasteiger partial charge in [0.1, 0.15) is 5.75 Å². The summed E-state index contributed by atoms with van der Waals surface area (Å²) in [5, 5.41) is 0.715. The third kappa shape index (κ3) is 5.00. The number of hydrogen-bond acceptors (Lipinski definition) is 4. The van der Waals surface area contributed by atoms with Crippen LogP contribution in [-0.2, 0) is 13.0 Å². The van der Waals surface area contributed by atoms with E-state index in [1.165, 1.54) is 5.56 Å². The van der Waals surface area contributed by atoms with Crippen molar-refractivity contribution in [1.82, 2.24) is 4.98 Å². The lowest BCUT2D eigenvalue weighted by Crippen LogP contribution is -2.30. The molecule has 32 heavy (non-hydrogen) atoms. The fourth-order valence-corrected chi connectivity index (χ4v) is 4.61. The van der Waals surface area contributed by atoms with Crippen molar-refractivity contribution in [3.05, 3.63) is 89.5 Å². The maximum atomic E-state index is 13.7. The van der Waals surface area contributed by atoms with E-state index in [0.717, 1.165) is 40.8 Å². The zero-order valence-corrected chi connectivity index (χ0v) is 19.4. The molecule has 0 saturated carbocycles. The molecular formula is C27H28N2O2S. The molecule has 0 aliphatic carbocycles. The van der Waals surface area contributed by atoms with Crippen molar-refractivity contribution in [3.8, 4) is 5.75 Å². The first kappa shape index (κ1) is 22.0. The second-order valence-electron chi connectivity index (χ2n) is 7.72. The van der Waals surface area contributed by atoms with E-state index in [-0.39, 0.29) is 5.91 Å². The second-order valence-corrected chi connectivity index (χ2v) is 8.73. The van der Waals surface area contributed by atoms with E-state index < -0.39 is 0 Å². The zero-order valence-electron chi connectivity index (χ0n) is 18.6. The highest BCUT2D eigenvalue weighted by Crippen LogP contribution is 2.33. The highest BCUT2D eigenvalue weighted by Gasteiger charge is 2.22. The number of rotatable bonds is 9. The number of para-hydroxylation sites is 1. The Hall–Kier alpha value is -3.18. The Bertz CT molecular complexity index is 1190. The molecule has 1 amide bonds. The van der Waals surface area contributed by atoms with Gasteiger partial charge in [-0.1, -0.05) is 80.1 Å². The summed E-state index contributed by atoms with van der Waals surface area (Å²) in [5.41, 5.74) is 3.84. The number of aryl methyl sites for hydroxylation is 1. The average Bonchev–Trinajstić information content (AvgIpc) is 3.27. The fraction of sp³-hybridized carbons (Fsp3) is 0.259. The standard InChI is InChI=1S/C27H28N2O2S/c1-3-5-17-31-23-15-9-14-22(18-23)26(30)29(19-20-11-7-6-8-12-20)27-28-25-21(4-2)13-10-16-24(25)32-27/h6-16,18H,3-5,17,19H2,1-2H3. The Balaban J connectivity index is 1.70. The number of aromatic nitrogens is 1. The van der Waals surface area contributed by atoms with E-state index in [2.05, 4.69) is 32.0 Å².